The van der Waals surface area contributed by atoms with Gasteiger partial charge in [0.05, 0.1) is 16.8 Å². The standard InChI is InChI=1S/C21H21N3O/c1-14-7-6-8-15(13-14)23-24-21(25)20-16-9-2-4-11-18(16)22-19-12-5-3-10-17(19)20/h2,4,6-9,11,13,23H,3,5,10,12H2,1H3,(H,24,25). The molecule has 0 aliphatic heterocycles. The van der Waals surface area contributed by atoms with Crippen LogP contribution in [0, 0.1) is 6.92 Å². The van der Waals surface area contributed by atoms with Gasteiger partial charge in [0.25, 0.3) is 5.91 Å². The molecule has 126 valence electrons. The number of carbonyl (C=O) groups is 1. The molecule has 0 unspecified atom stereocenters. The second-order valence-electron chi connectivity index (χ2n) is 6.58. The number of amides is 1. The van der Waals surface area contributed by atoms with Gasteiger partial charge in [-0.1, -0.05) is 30.3 Å². The fourth-order valence-electron chi connectivity index (χ4n) is 3.55. The first-order valence-electron chi connectivity index (χ1n) is 8.76. The van der Waals surface area contributed by atoms with Crippen molar-refractivity contribution in [1.82, 2.24) is 10.4 Å². The van der Waals surface area contributed by atoms with Crippen LogP contribution in [0.4, 0.5) is 5.69 Å². The fourth-order valence-corrected chi connectivity index (χ4v) is 3.55. The number of nitrogens with one attached hydrogen (secondary N) is 2. The first-order valence-corrected chi connectivity index (χ1v) is 8.76. The monoisotopic (exact) mass is 331 g/mol. The average molecular weight is 331 g/mol. The Morgan fingerprint density at radius 3 is 2.76 bits per heavy atom. The van der Waals surface area contributed by atoms with Crippen LogP contribution in [-0.2, 0) is 12.8 Å². The maximum absolute atomic E-state index is 13.0. The lowest BCUT2D eigenvalue weighted by Gasteiger charge is -2.20. The van der Waals surface area contributed by atoms with E-state index < -0.39 is 0 Å². The maximum Gasteiger partial charge on any atom is 0.270 e. The highest BCUT2D eigenvalue weighted by Gasteiger charge is 2.22. The van der Waals surface area contributed by atoms with E-state index in [9.17, 15) is 4.79 Å². The van der Waals surface area contributed by atoms with E-state index in [1.54, 1.807) is 0 Å². The molecule has 4 rings (SSSR count). The first kappa shape index (κ1) is 15.6. The molecule has 0 fully saturated rings. The average Bonchev–Trinajstić information content (AvgIpc) is 2.64. The Morgan fingerprint density at radius 2 is 1.88 bits per heavy atom. The van der Waals surface area contributed by atoms with Crippen LogP contribution in [0.15, 0.2) is 48.5 Å². The third-order valence-electron chi connectivity index (χ3n) is 4.73. The van der Waals surface area contributed by atoms with Crippen molar-refractivity contribution in [2.24, 2.45) is 0 Å². The van der Waals surface area contributed by atoms with Crippen molar-refractivity contribution in [3.05, 3.63) is 70.9 Å². The van der Waals surface area contributed by atoms with Crippen molar-refractivity contribution >= 4 is 22.5 Å². The summed E-state index contributed by atoms with van der Waals surface area (Å²) in [5.41, 5.74) is 11.8. The van der Waals surface area contributed by atoms with Crippen LogP contribution in [-0.4, -0.2) is 10.9 Å². The summed E-state index contributed by atoms with van der Waals surface area (Å²) in [7, 11) is 0. The van der Waals surface area contributed by atoms with Gasteiger partial charge in [0, 0.05) is 11.1 Å². The molecule has 3 aromatic rings. The van der Waals surface area contributed by atoms with Crippen molar-refractivity contribution in [2.45, 2.75) is 32.6 Å². The minimum atomic E-state index is -0.0988. The summed E-state index contributed by atoms with van der Waals surface area (Å²) in [5.74, 6) is -0.0988. The van der Waals surface area contributed by atoms with Crippen molar-refractivity contribution in [1.29, 1.82) is 0 Å². The van der Waals surface area contributed by atoms with E-state index in [1.807, 2.05) is 55.5 Å². The molecule has 0 radical (unpaired) electrons. The number of hydrazine groups is 1. The molecule has 4 nitrogen and oxygen atoms in total. The zero-order valence-electron chi connectivity index (χ0n) is 14.3. The fraction of sp³-hybridized carbons (Fsp3) is 0.238. The highest BCUT2D eigenvalue weighted by Crippen LogP contribution is 2.29. The molecule has 25 heavy (non-hydrogen) atoms. The summed E-state index contributed by atoms with van der Waals surface area (Å²) < 4.78 is 0. The first-order chi connectivity index (χ1) is 12.2. The molecule has 0 spiro atoms. The van der Waals surface area contributed by atoms with Gasteiger partial charge in [0.1, 0.15) is 0 Å². The molecule has 1 aliphatic rings. The molecule has 1 aromatic heterocycles. The van der Waals surface area contributed by atoms with E-state index in [4.69, 9.17) is 4.98 Å². The van der Waals surface area contributed by atoms with Gasteiger partial charge in [-0.2, -0.15) is 0 Å². The highest BCUT2D eigenvalue weighted by molar-refractivity contribution is 6.08. The number of anilines is 1. The molecule has 0 saturated carbocycles. The predicted molar refractivity (Wildman–Crippen MR) is 101 cm³/mol. The third kappa shape index (κ3) is 3.07. The zero-order valence-corrected chi connectivity index (χ0v) is 14.3. The smallest absolute Gasteiger partial charge is 0.270 e. The van der Waals surface area contributed by atoms with Crippen LogP contribution in [0.2, 0.25) is 0 Å². The van der Waals surface area contributed by atoms with Crippen LogP contribution in [0.1, 0.15) is 40.0 Å². The summed E-state index contributed by atoms with van der Waals surface area (Å²) in [4.78, 5) is 17.8. The van der Waals surface area contributed by atoms with E-state index >= 15 is 0 Å². The van der Waals surface area contributed by atoms with Gasteiger partial charge in [-0.3, -0.25) is 20.6 Å². The number of benzene rings is 2. The van der Waals surface area contributed by atoms with Crippen molar-refractivity contribution in [3.63, 3.8) is 0 Å². The summed E-state index contributed by atoms with van der Waals surface area (Å²) in [6.07, 6.45) is 4.12. The minimum Gasteiger partial charge on any atom is -0.298 e. The molecule has 0 atom stereocenters. The number of hydrogen-bond donors (Lipinski definition) is 2. The summed E-state index contributed by atoms with van der Waals surface area (Å²) in [6.45, 7) is 2.03. The number of fused-ring (bicyclic) bond motifs is 2. The van der Waals surface area contributed by atoms with Gasteiger partial charge in [-0.25, -0.2) is 0 Å². The van der Waals surface area contributed by atoms with Gasteiger partial charge in [0.15, 0.2) is 0 Å². The molecular formula is C21H21N3O. The SMILES string of the molecule is Cc1cccc(NNC(=O)c2c3c(nc4ccccc24)CCCC3)c1. The Kier molecular flexibility index (Phi) is 4.10. The van der Waals surface area contributed by atoms with E-state index in [-0.39, 0.29) is 5.91 Å². The van der Waals surface area contributed by atoms with Gasteiger partial charge >= 0.3 is 0 Å². The molecule has 1 amide bonds. The zero-order chi connectivity index (χ0) is 17.2. The normalized spacial score (nSPS) is 13.3. The lowest BCUT2D eigenvalue weighted by molar-refractivity contribution is 0.0963. The number of aryl methyl sites for hydroxylation is 2. The van der Waals surface area contributed by atoms with E-state index in [1.165, 1.54) is 0 Å². The molecule has 1 aliphatic carbocycles. The number of aromatic nitrogens is 1. The van der Waals surface area contributed by atoms with Crippen molar-refractivity contribution < 1.29 is 4.79 Å². The Bertz CT molecular complexity index is 949. The summed E-state index contributed by atoms with van der Waals surface area (Å²) in [6, 6.07) is 15.8. The summed E-state index contributed by atoms with van der Waals surface area (Å²) >= 11 is 0. The molecule has 0 bridgehead atoms. The number of pyridine rings is 1. The highest BCUT2D eigenvalue weighted by atomic mass is 16.2. The Morgan fingerprint density at radius 1 is 1.04 bits per heavy atom. The quantitative estimate of drug-likeness (QED) is 0.708. The van der Waals surface area contributed by atoms with Crippen LogP contribution < -0.4 is 10.9 Å². The topological polar surface area (TPSA) is 54.0 Å². The van der Waals surface area contributed by atoms with Crippen LogP contribution in [0.25, 0.3) is 10.9 Å². The number of carbonyl (C=O) groups excluding carboxylic acids is 1. The van der Waals surface area contributed by atoms with Gasteiger partial charge in [-0.05, 0) is 61.9 Å². The second-order valence-corrected chi connectivity index (χ2v) is 6.58. The predicted octanol–water partition coefficient (Wildman–Crippen LogP) is 4.18. The minimum absolute atomic E-state index is 0.0988. The number of para-hydroxylation sites is 1. The molecule has 0 saturated heterocycles. The number of rotatable bonds is 3. The molecule has 2 aromatic carbocycles. The van der Waals surface area contributed by atoms with Gasteiger partial charge in [-0.15, -0.1) is 0 Å². The van der Waals surface area contributed by atoms with Crippen molar-refractivity contribution in [2.75, 3.05) is 5.43 Å². The summed E-state index contributed by atoms with van der Waals surface area (Å²) in [5, 5.41) is 0.923. The molecule has 2 N–H and O–H groups in total. The number of nitrogens with zero attached hydrogens (tertiary/aromatic N) is 1. The molecule has 1 heterocycles. The van der Waals surface area contributed by atoms with Gasteiger partial charge < -0.3 is 0 Å². The number of hydrogen-bond acceptors (Lipinski definition) is 3. The van der Waals surface area contributed by atoms with E-state index in [2.05, 4.69) is 10.9 Å². The van der Waals surface area contributed by atoms with Crippen molar-refractivity contribution in [3.8, 4) is 0 Å². The van der Waals surface area contributed by atoms with Crippen LogP contribution >= 0.6 is 0 Å². The lowest BCUT2D eigenvalue weighted by Crippen LogP contribution is -2.31. The lowest BCUT2D eigenvalue weighted by atomic mass is 9.89. The third-order valence-corrected chi connectivity index (χ3v) is 4.73. The van der Waals surface area contributed by atoms with E-state index in [0.29, 0.717) is 0 Å². The Balaban J connectivity index is 1.70. The maximum atomic E-state index is 13.0. The Hall–Kier alpha value is -2.88. The molecular weight excluding hydrogens is 310 g/mol. The van der Waals surface area contributed by atoms with Crippen LogP contribution in [0.5, 0.6) is 0 Å². The second kappa shape index (κ2) is 6.55. The Labute approximate surface area is 147 Å². The largest absolute Gasteiger partial charge is 0.298 e. The molecule has 4 heteroatoms. The van der Waals surface area contributed by atoms with Crippen LogP contribution in [0.3, 0.4) is 0 Å². The van der Waals surface area contributed by atoms with Gasteiger partial charge in [0.2, 0.25) is 0 Å². The van der Waals surface area contributed by atoms with E-state index in [0.717, 1.165) is 64.7 Å².